The Balaban J connectivity index is 0.00000242. The molecule has 0 aromatic rings. The first-order valence-electron chi connectivity index (χ1n) is 11.3. The first-order chi connectivity index (χ1) is 16.1. The molecule has 0 aromatic carbocycles. The van der Waals surface area contributed by atoms with E-state index in [1.807, 2.05) is 76.3 Å². The van der Waals surface area contributed by atoms with Crippen molar-refractivity contribution in [2.45, 2.75) is 40.7 Å². The second-order valence-corrected chi connectivity index (χ2v) is 6.74. The van der Waals surface area contributed by atoms with Crippen LogP contribution in [0.2, 0.25) is 0 Å². The third kappa shape index (κ3) is 12.5. The summed E-state index contributed by atoms with van der Waals surface area (Å²) in [4.78, 5) is 13.6. The minimum atomic E-state index is 0.257. The second-order valence-electron chi connectivity index (χ2n) is 6.74. The SMILES string of the molecule is C=C1C=CC=CC1=NC(=N\CN[C@H](C)C1C=CC=CC=C1)/C(C)=C/C=N\C=C/C.CC.CO. The maximum atomic E-state index is 7.00. The highest BCUT2D eigenvalue weighted by molar-refractivity contribution is 6.18. The van der Waals surface area contributed by atoms with Crippen molar-refractivity contribution in [1.82, 2.24) is 5.32 Å². The number of aliphatic imine (C=N–C) groups is 3. The number of amidine groups is 1. The lowest BCUT2D eigenvalue weighted by Crippen LogP contribution is -2.32. The molecule has 5 nitrogen and oxygen atoms in total. The molecule has 5 heteroatoms. The third-order valence-electron chi connectivity index (χ3n) is 4.44. The summed E-state index contributed by atoms with van der Waals surface area (Å²) in [6, 6.07) is 0.257. The van der Waals surface area contributed by atoms with Gasteiger partial charge in [0, 0.05) is 31.5 Å². The Morgan fingerprint density at radius 1 is 1.09 bits per heavy atom. The molecule has 0 heterocycles. The minimum Gasteiger partial charge on any atom is -0.400 e. The number of aliphatic hydroxyl groups excluding tert-OH is 1. The normalized spacial score (nSPS) is 18.4. The predicted octanol–water partition coefficient (Wildman–Crippen LogP) is 5.93. The van der Waals surface area contributed by atoms with Crippen LogP contribution in [0.4, 0.5) is 0 Å². The molecule has 0 radical (unpaired) electrons. The molecule has 2 aliphatic carbocycles. The number of hydrogen-bond acceptors (Lipinski definition) is 4. The average Bonchev–Trinajstić information content (AvgIpc) is 3.14. The molecule has 178 valence electrons. The van der Waals surface area contributed by atoms with E-state index in [1.54, 1.807) is 12.4 Å². The molecule has 0 unspecified atom stereocenters. The minimum absolute atomic E-state index is 0.257. The smallest absolute Gasteiger partial charge is 0.152 e. The van der Waals surface area contributed by atoms with Crippen LogP contribution in [0.15, 0.2) is 112 Å². The Morgan fingerprint density at radius 2 is 1.73 bits per heavy atom. The van der Waals surface area contributed by atoms with Crippen LogP contribution in [0.1, 0.15) is 34.6 Å². The molecule has 0 aromatic heterocycles. The van der Waals surface area contributed by atoms with Crippen molar-refractivity contribution in [3.8, 4) is 0 Å². The van der Waals surface area contributed by atoms with Crippen molar-refractivity contribution in [3.05, 3.63) is 96.8 Å². The van der Waals surface area contributed by atoms with Crippen molar-refractivity contribution in [1.29, 1.82) is 0 Å². The molecule has 2 N–H and O–H groups in total. The van der Waals surface area contributed by atoms with Crippen LogP contribution in [0.5, 0.6) is 0 Å². The van der Waals surface area contributed by atoms with Gasteiger partial charge in [0.1, 0.15) is 0 Å². The second kappa shape index (κ2) is 19.5. The fraction of sp³-hybridized carbons (Fsp3) is 0.321. The molecular weight excluding hydrogens is 408 g/mol. The molecule has 0 spiro atoms. The number of hydrogen-bond donors (Lipinski definition) is 2. The van der Waals surface area contributed by atoms with Crippen LogP contribution >= 0.6 is 0 Å². The number of nitrogens with zero attached hydrogens (tertiary/aromatic N) is 3. The fourth-order valence-corrected chi connectivity index (χ4v) is 2.66. The summed E-state index contributed by atoms with van der Waals surface area (Å²) in [6.07, 6.45) is 27.7. The van der Waals surface area contributed by atoms with Crippen LogP contribution in [0.3, 0.4) is 0 Å². The van der Waals surface area contributed by atoms with Gasteiger partial charge in [0.2, 0.25) is 0 Å². The largest absolute Gasteiger partial charge is 0.400 e. The predicted molar refractivity (Wildman–Crippen MR) is 147 cm³/mol. The Kier molecular flexibility index (Phi) is 17.7. The van der Waals surface area contributed by atoms with E-state index in [-0.39, 0.29) is 6.04 Å². The standard InChI is InChI=1S/C25H30N4.C2H6.CH4O/c1-5-17-26-18-16-21(3)25(29-24-15-11-10-12-20(24)2)28-19-27-22(4)23-13-8-6-7-9-14-23;2*1-2/h5-18,22-23,27H,2,19H2,1,3-4H3;1-2H3;2H,1H3/b17-5-,21-16+,26-18-,28-25-,29-24?;;/t22-;;/m1../s1. The Bertz CT molecular complexity index is 862. The molecule has 0 saturated carbocycles. The summed E-state index contributed by atoms with van der Waals surface area (Å²) in [5.41, 5.74) is 2.63. The summed E-state index contributed by atoms with van der Waals surface area (Å²) < 4.78 is 0. The lowest BCUT2D eigenvalue weighted by Gasteiger charge is -2.18. The van der Waals surface area contributed by atoms with E-state index in [0.29, 0.717) is 18.4 Å². The van der Waals surface area contributed by atoms with E-state index in [9.17, 15) is 0 Å². The Hall–Kier alpha value is -3.15. The van der Waals surface area contributed by atoms with Gasteiger partial charge in [-0.3, -0.25) is 15.3 Å². The number of allylic oxidation sites excluding steroid dienone is 11. The van der Waals surface area contributed by atoms with E-state index in [4.69, 9.17) is 15.1 Å². The summed E-state index contributed by atoms with van der Waals surface area (Å²) in [5, 5.41) is 10.5. The lowest BCUT2D eigenvalue weighted by atomic mass is 10.0. The van der Waals surface area contributed by atoms with Gasteiger partial charge < -0.3 is 5.11 Å². The van der Waals surface area contributed by atoms with Gasteiger partial charge in [-0.25, -0.2) is 4.99 Å². The van der Waals surface area contributed by atoms with Gasteiger partial charge in [0.05, 0.1) is 12.4 Å². The fourth-order valence-electron chi connectivity index (χ4n) is 2.66. The van der Waals surface area contributed by atoms with E-state index in [1.165, 1.54) is 0 Å². The molecule has 2 aliphatic rings. The van der Waals surface area contributed by atoms with Crippen molar-refractivity contribution in [2.75, 3.05) is 13.8 Å². The van der Waals surface area contributed by atoms with E-state index < -0.39 is 0 Å². The molecule has 0 aliphatic heterocycles. The molecule has 0 amide bonds. The van der Waals surface area contributed by atoms with Crippen molar-refractivity contribution in [2.24, 2.45) is 20.9 Å². The van der Waals surface area contributed by atoms with Crippen LogP contribution in [-0.2, 0) is 0 Å². The zero-order valence-electron chi connectivity index (χ0n) is 20.9. The van der Waals surface area contributed by atoms with Gasteiger partial charge in [-0.2, -0.15) is 0 Å². The first-order valence-corrected chi connectivity index (χ1v) is 11.3. The van der Waals surface area contributed by atoms with Crippen molar-refractivity contribution >= 4 is 17.8 Å². The Morgan fingerprint density at radius 3 is 2.33 bits per heavy atom. The summed E-state index contributed by atoms with van der Waals surface area (Å²) >= 11 is 0. The number of aliphatic hydroxyl groups is 1. The molecule has 2 rings (SSSR count). The monoisotopic (exact) mass is 448 g/mol. The molecule has 1 atom stereocenters. The highest BCUT2D eigenvalue weighted by atomic mass is 16.2. The van der Waals surface area contributed by atoms with E-state index >= 15 is 0 Å². The number of nitrogens with one attached hydrogen (secondary N) is 1. The number of rotatable bonds is 7. The van der Waals surface area contributed by atoms with Crippen LogP contribution in [-0.4, -0.2) is 42.7 Å². The Labute approximate surface area is 200 Å². The highest BCUT2D eigenvalue weighted by Gasteiger charge is 2.11. The van der Waals surface area contributed by atoms with Crippen LogP contribution in [0.25, 0.3) is 0 Å². The summed E-state index contributed by atoms with van der Waals surface area (Å²) in [6.45, 7) is 14.6. The molecule has 0 saturated heterocycles. The molecule has 33 heavy (non-hydrogen) atoms. The quantitative estimate of drug-likeness (QED) is 0.374. The summed E-state index contributed by atoms with van der Waals surface area (Å²) in [5.74, 6) is 0.993. The van der Waals surface area contributed by atoms with Crippen LogP contribution < -0.4 is 5.32 Å². The zero-order chi connectivity index (χ0) is 24.9. The first kappa shape index (κ1) is 29.9. The van der Waals surface area contributed by atoms with Crippen LogP contribution in [0, 0.1) is 5.92 Å². The van der Waals surface area contributed by atoms with Crippen molar-refractivity contribution in [3.63, 3.8) is 0 Å². The average molecular weight is 449 g/mol. The van der Waals surface area contributed by atoms with Gasteiger partial charge >= 0.3 is 0 Å². The topological polar surface area (TPSA) is 69.3 Å². The van der Waals surface area contributed by atoms with Gasteiger partial charge in [-0.15, -0.1) is 0 Å². The summed E-state index contributed by atoms with van der Waals surface area (Å²) in [7, 11) is 1.00. The maximum Gasteiger partial charge on any atom is 0.152 e. The van der Waals surface area contributed by atoms with E-state index in [0.717, 1.165) is 24.0 Å². The van der Waals surface area contributed by atoms with Gasteiger partial charge in [-0.05, 0) is 44.1 Å². The zero-order valence-corrected chi connectivity index (χ0v) is 20.9. The molecule has 0 bridgehead atoms. The lowest BCUT2D eigenvalue weighted by molar-refractivity contribution is 0.399. The van der Waals surface area contributed by atoms with Crippen molar-refractivity contribution < 1.29 is 5.11 Å². The van der Waals surface area contributed by atoms with E-state index in [2.05, 4.69) is 48.1 Å². The van der Waals surface area contributed by atoms with Gasteiger partial charge in [-0.1, -0.05) is 81.2 Å². The molecule has 0 fully saturated rings. The highest BCUT2D eigenvalue weighted by Crippen LogP contribution is 2.11. The third-order valence-corrected chi connectivity index (χ3v) is 4.44. The molecular formula is C28H40N4O. The maximum absolute atomic E-state index is 7.00. The van der Waals surface area contributed by atoms with Gasteiger partial charge in [0.25, 0.3) is 0 Å². The van der Waals surface area contributed by atoms with Gasteiger partial charge in [0.15, 0.2) is 5.84 Å².